The van der Waals surface area contributed by atoms with Gasteiger partial charge in [0.15, 0.2) is 0 Å². The average molecular weight is 461 g/mol. The Morgan fingerprint density at radius 1 is 1.09 bits per heavy atom. The average Bonchev–Trinajstić information content (AvgIpc) is 2.81. The molecule has 0 aromatic heterocycles. The van der Waals surface area contributed by atoms with Gasteiger partial charge in [-0.2, -0.15) is 0 Å². The van der Waals surface area contributed by atoms with Crippen LogP contribution in [0.25, 0.3) is 10.8 Å². The van der Waals surface area contributed by atoms with Crippen LogP contribution in [-0.4, -0.2) is 25.7 Å². The van der Waals surface area contributed by atoms with Crippen LogP contribution in [0.3, 0.4) is 0 Å². The van der Waals surface area contributed by atoms with E-state index in [1.807, 2.05) is 19.1 Å². The van der Waals surface area contributed by atoms with E-state index in [-0.39, 0.29) is 18.4 Å². The Hall–Kier alpha value is -3.10. The molecule has 3 rings (SSSR count). The highest BCUT2D eigenvalue weighted by Gasteiger charge is 2.20. The molecule has 1 atom stereocenters. The Morgan fingerprint density at radius 2 is 1.73 bits per heavy atom. The third-order valence-corrected chi connectivity index (χ3v) is 7.39. The SMILES string of the molecule is C#CCN(c1ccc(NSc2c(C)c(C)cc(C)c2C)c2ccccc12)[C@@H](C)CC(=O)OC. The van der Waals surface area contributed by atoms with Gasteiger partial charge in [-0.3, -0.25) is 4.79 Å². The van der Waals surface area contributed by atoms with E-state index in [9.17, 15) is 4.79 Å². The van der Waals surface area contributed by atoms with Crippen LogP contribution in [0.2, 0.25) is 0 Å². The number of nitrogens with one attached hydrogen (secondary N) is 1. The molecule has 5 heteroatoms. The Bertz CT molecular complexity index is 1190. The van der Waals surface area contributed by atoms with Gasteiger partial charge in [-0.15, -0.1) is 6.42 Å². The van der Waals surface area contributed by atoms with Crippen LogP contribution in [0, 0.1) is 40.0 Å². The Labute approximate surface area is 201 Å². The van der Waals surface area contributed by atoms with Crippen LogP contribution < -0.4 is 9.62 Å². The molecule has 33 heavy (non-hydrogen) atoms. The number of anilines is 2. The van der Waals surface area contributed by atoms with E-state index in [1.54, 1.807) is 11.9 Å². The lowest BCUT2D eigenvalue weighted by Crippen LogP contribution is -2.35. The number of carbonyl (C=O) groups is 1. The molecule has 3 aromatic carbocycles. The number of esters is 1. The van der Waals surface area contributed by atoms with Gasteiger partial charge in [0.25, 0.3) is 0 Å². The maximum Gasteiger partial charge on any atom is 0.307 e. The van der Waals surface area contributed by atoms with Crippen molar-refractivity contribution in [3.63, 3.8) is 0 Å². The Morgan fingerprint density at radius 3 is 2.33 bits per heavy atom. The molecule has 0 saturated heterocycles. The molecule has 0 heterocycles. The molecule has 0 unspecified atom stereocenters. The number of fused-ring (bicyclic) bond motifs is 1. The minimum Gasteiger partial charge on any atom is -0.469 e. The Balaban J connectivity index is 1.99. The first-order chi connectivity index (χ1) is 15.8. The standard InChI is InChI=1S/C28H32N2O2S/c1-8-15-30(20(4)17-27(31)32-7)26-14-13-25(23-11-9-10-12-24(23)26)29-33-28-21(5)18(2)16-19(3)22(28)6/h1,9-14,16,20,29H,15,17H2,2-7H3/t20-/m0/s1. The van der Waals surface area contributed by atoms with Crippen molar-refractivity contribution in [1.82, 2.24) is 0 Å². The number of nitrogens with zero attached hydrogens (tertiary/aromatic N) is 1. The summed E-state index contributed by atoms with van der Waals surface area (Å²) in [6.07, 6.45) is 5.95. The molecule has 1 N–H and O–H groups in total. The van der Waals surface area contributed by atoms with Gasteiger partial charge in [-0.25, -0.2) is 0 Å². The molecule has 3 aromatic rings. The van der Waals surface area contributed by atoms with Crippen LogP contribution in [0.5, 0.6) is 0 Å². The minimum atomic E-state index is -0.247. The summed E-state index contributed by atoms with van der Waals surface area (Å²) in [4.78, 5) is 15.2. The summed E-state index contributed by atoms with van der Waals surface area (Å²) < 4.78 is 8.46. The highest BCUT2D eigenvalue weighted by molar-refractivity contribution is 8.00. The molecule has 4 nitrogen and oxygen atoms in total. The molecule has 0 aliphatic rings. The minimum absolute atomic E-state index is 0.0920. The largest absolute Gasteiger partial charge is 0.469 e. The first-order valence-corrected chi connectivity index (χ1v) is 11.9. The van der Waals surface area contributed by atoms with E-state index in [0.717, 1.165) is 22.1 Å². The summed E-state index contributed by atoms with van der Waals surface area (Å²) in [5.41, 5.74) is 7.24. The van der Waals surface area contributed by atoms with Crippen molar-refractivity contribution < 1.29 is 9.53 Å². The van der Waals surface area contributed by atoms with Gasteiger partial charge in [0.05, 0.1) is 25.8 Å². The fourth-order valence-electron chi connectivity index (χ4n) is 4.07. The summed E-state index contributed by atoms with van der Waals surface area (Å²) in [5, 5.41) is 2.19. The van der Waals surface area contributed by atoms with Crippen LogP contribution in [0.4, 0.5) is 11.4 Å². The number of hydrogen-bond donors (Lipinski definition) is 1. The van der Waals surface area contributed by atoms with E-state index in [0.29, 0.717) is 6.54 Å². The maximum atomic E-state index is 11.9. The van der Waals surface area contributed by atoms with Crippen molar-refractivity contribution in [3.05, 3.63) is 64.7 Å². The smallest absolute Gasteiger partial charge is 0.307 e. The van der Waals surface area contributed by atoms with E-state index in [4.69, 9.17) is 11.2 Å². The van der Waals surface area contributed by atoms with Crippen LogP contribution >= 0.6 is 11.9 Å². The second-order valence-corrected chi connectivity index (χ2v) is 9.25. The van der Waals surface area contributed by atoms with Gasteiger partial charge in [0, 0.05) is 27.4 Å². The number of carbonyl (C=O) groups excluding carboxylic acids is 1. The van der Waals surface area contributed by atoms with E-state index < -0.39 is 0 Å². The number of hydrogen-bond acceptors (Lipinski definition) is 5. The van der Waals surface area contributed by atoms with E-state index in [2.05, 4.69) is 73.6 Å². The zero-order valence-corrected chi connectivity index (χ0v) is 21.1. The van der Waals surface area contributed by atoms with E-state index in [1.165, 1.54) is 34.3 Å². The maximum absolute atomic E-state index is 11.9. The molecule has 0 radical (unpaired) electrons. The lowest BCUT2D eigenvalue weighted by atomic mass is 10.0. The zero-order valence-electron chi connectivity index (χ0n) is 20.3. The predicted molar refractivity (Wildman–Crippen MR) is 141 cm³/mol. The van der Waals surface area contributed by atoms with Crippen molar-refractivity contribution in [1.29, 1.82) is 0 Å². The van der Waals surface area contributed by atoms with Gasteiger partial charge in [-0.05, 0) is 81.0 Å². The quantitative estimate of drug-likeness (QED) is 0.233. The molecule has 0 fully saturated rings. The highest BCUT2D eigenvalue weighted by atomic mass is 32.2. The number of aryl methyl sites for hydroxylation is 2. The van der Waals surface area contributed by atoms with Crippen molar-refractivity contribution in [2.24, 2.45) is 0 Å². The molecular weight excluding hydrogens is 428 g/mol. The zero-order chi connectivity index (χ0) is 24.1. The summed E-state index contributed by atoms with van der Waals surface area (Å²) in [7, 11) is 1.41. The summed E-state index contributed by atoms with van der Waals surface area (Å²) in [5.74, 6) is 2.49. The monoisotopic (exact) mass is 460 g/mol. The van der Waals surface area contributed by atoms with Gasteiger partial charge in [0.1, 0.15) is 0 Å². The van der Waals surface area contributed by atoms with Crippen molar-refractivity contribution >= 4 is 40.1 Å². The molecule has 0 bridgehead atoms. The number of benzene rings is 3. The molecule has 0 amide bonds. The third-order valence-electron chi connectivity index (χ3n) is 6.25. The van der Waals surface area contributed by atoms with Crippen molar-refractivity contribution in [2.75, 3.05) is 23.3 Å². The van der Waals surface area contributed by atoms with Crippen LogP contribution in [-0.2, 0) is 9.53 Å². The first kappa shape index (κ1) is 24.5. The lowest BCUT2D eigenvalue weighted by Gasteiger charge is -2.30. The van der Waals surface area contributed by atoms with Crippen LogP contribution in [0.1, 0.15) is 35.6 Å². The molecule has 172 valence electrons. The van der Waals surface area contributed by atoms with Gasteiger partial charge in [-0.1, -0.05) is 36.3 Å². The van der Waals surface area contributed by atoms with Crippen molar-refractivity contribution in [3.8, 4) is 12.3 Å². The topological polar surface area (TPSA) is 41.6 Å². The molecule has 0 aliphatic carbocycles. The molecule has 0 saturated carbocycles. The Kier molecular flexibility index (Phi) is 7.94. The number of terminal acetylenes is 1. The predicted octanol–water partition coefficient (Wildman–Crippen LogP) is 6.58. The number of methoxy groups -OCH3 is 1. The van der Waals surface area contributed by atoms with E-state index >= 15 is 0 Å². The van der Waals surface area contributed by atoms with Crippen LogP contribution in [0.15, 0.2) is 47.4 Å². The lowest BCUT2D eigenvalue weighted by molar-refractivity contribution is -0.140. The molecule has 0 aliphatic heterocycles. The fourth-order valence-corrected chi connectivity index (χ4v) is 5.09. The molecular formula is C28H32N2O2S. The summed E-state index contributed by atoms with van der Waals surface area (Å²) in [6, 6.07) is 14.6. The normalized spacial score (nSPS) is 11.7. The first-order valence-electron chi connectivity index (χ1n) is 11.1. The van der Waals surface area contributed by atoms with Gasteiger partial charge in [0.2, 0.25) is 0 Å². The van der Waals surface area contributed by atoms with Gasteiger partial charge < -0.3 is 14.4 Å². The number of ether oxygens (including phenoxy) is 1. The van der Waals surface area contributed by atoms with Crippen molar-refractivity contribution in [2.45, 2.75) is 52.0 Å². The van der Waals surface area contributed by atoms with Gasteiger partial charge >= 0.3 is 5.97 Å². The second-order valence-electron chi connectivity index (χ2n) is 8.43. The molecule has 0 spiro atoms. The number of rotatable bonds is 8. The summed E-state index contributed by atoms with van der Waals surface area (Å²) in [6.45, 7) is 11.1. The third kappa shape index (κ3) is 5.29. The summed E-state index contributed by atoms with van der Waals surface area (Å²) >= 11 is 1.66. The highest BCUT2D eigenvalue weighted by Crippen LogP contribution is 2.37. The fraction of sp³-hybridized carbons (Fsp3) is 0.321. The second kappa shape index (κ2) is 10.7.